The fraction of sp³-hybridized carbons (Fsp3) is 0.706. The number of aryl methyl sites for hydroxylation is 1. The fourth-order valence-electron chi connectivity index (χ4n) is 2.51. The van der Waals surface area contributed by atoms with Crippen molar-refractivity contribution in [2.45, 2.75) is 39.8 Å². The Hall–Kier alpha value is -1.49. The Bertz CT molecular complexity index is 453. The molecule has 0 bridgehead atoms. The van der Waals surface area contributed by atoms with Gasteiger partial charge in [-0.3, -0.25) is 4.99 Å². The van der Waals surface area contributed by atoms with Gasteiger partial charge in [0.2, 0.25) is 0 Å². The van der Waals surface area contributed by atoms with Crippen molar-refractivity contribution in [2.24, 2.45) is 18.0 Å². The maximum Gasteiger partial charge on any atom is 0.193 e. The van der Waals surface area contributed by atoms with Gasteiger partial charge in [0.1, 0.15) is 0 Å². The van der Waals surface area contributed by atoms with Crippen molar-refractivity contribution in [1.29, 1.82) is 0 Å². The van der Waals surface area contributed by atoms with Gasteiger partial charge in [-0.1, -0.05) is 13.8 Å². The molecule has 0 aliphatic heterocycles. The van der Waals surface area contributed by atoms with Crippen molar-refractivity contribution >= 4 is 5.96 Å². The second-order valence-corrected chi connectivity index (χ2v) is 5.97. The van der Waals surface area contributed by atoms with Gasteiger partial charge in [-0.25, -0.2) is 0 Å². The Labute approximate surface area is 135 Å². The molecule has 0 aliphatic rings. The van der Waals surface area contributed by atoms with Crippen molar-refractivity contribution < 1.29 is 4.74 Å². The number of rotatable bonds is 8. The minimum Gasteiger partial charge on any atom is -0.378 e. The molecule has 1 aromatic heterocycles. The SMILES string of the molecule is CCOC(CCNC(=NC)N(C)Cc1cccn1C)C(C)C. The smallest absolute Gasteiger partial charge is 0.193 e. The third kappa shape index (κ3) is 5.72. The summed E-state index contributed by atoms with van der Waals surface area (Å²) in [5.74, 6) is 1.45. The highest BCUT2D eigenvalue weighted by molar-refractivity contribution is 5.79. The highest BCUT2D eigenvalue weighted by Crippen LogP contribution is 2.10. The van der Waals surface area contributed by atoms with E-state index in [0.717, 1.165) is 32.1 Å². The summed E-state index contributed by atoms with van der Waals surface area (Å²) in [6, 6.07) is 4.20. The van der Waals surface area contributed by atoms with Gasteiger partial charge in [-0.05, 0) is 31.4 Å². The first-order valence-corrected chi connectivity index (χ1v) is 8.13. The zero-order valence-corrected chi connectivity index (χ0v) is 15.0. The number of hydrogen-bond donors (Lipinski definition) is 1. The van der Waals surface area contributed by atoms with Crippen molar-refractivity contribution in [3.8, 4) is 0 Å². The summed E-state index contributed by atoms with van der Waals surface area (Å²) in [5, 5.41) is 3.43. The lowest BCUT2D eigenvalue weighted by Gasteiger charge is -2.25. The molecule has 1 rings (SSSR count). The van der Waals surface area contributed by atoms with E-state index in [4.69, 9.17) is 4.74 Å². The average Bonchev–Trinajstić information content (AvgIpc) is 2.87. The molecule has 1 unspecified atom stereocenters. The van der Waals surface area contributed by atoms with Gasteiger partial charge in [0, 0.05) is 46.2 Å². The monoisotopic (exact) mass is 308 g/mol. The van der Waals surface area contributed by atoms with Gasteiger partial charge in [0.05, 0.1) is 12.6 Å². The van der Waals surface area contributed by atoms with E-state index in [-0.39, 0.29) is 0 Å². The van der Waals surface area contributed by atoms with Crippen LogP contribution >= 0.6 is 0 Å². The van der Waals surface area contributed by atoms with Crippen LogP contribution < -0.4 is 5.32 Å². The highest BCUT2D eigenvalue weighted by Gasteiger charge is 2.14. The van der Waals surface area contributed by atoms with E-state index >= 15 is 0 Å². The van der Waals surface area contributed by atoms with Gasteiger partial charge in [-0.2, -0.15) is 0 Å². The molecule has 0 amide bonds. The number of ether oxygens (including phenoxy) is 1. The maximum atomic E-state index is 5.78. The van der Waals surface area contributed by atoms with Crippen molar-refractivity contribution in [2.75, 3.05) is 27.2 Å². The zero-order chi connectivity index (χ0) is 16.5. The third-order valence-electron chi connectivity index (χ3n) is 3.86. The maximum absolute atomic E-state index is 5.78. The number of aliphatic imine (C=N–C) groups is 1. The molecule has 1 N–H and O–H groups in total. The number of hydrogen-bond acceptors (Lipinski definition) is 2. The Morgan fingerprint density at radius 3 is 2.68 bits per heavy atom. The molecule has 126 valence electrons. The summed E-state index contributed by atoms with van der Waals surface area (Å²) < 4.78 is 7.92. The van der Waals surface area contributed by atoms with Crippen LogP contribution in [0.25, 0.3) is 0 Å². The molecule has 0 saturated heterocycles. The quantitative estimate of drug-likeness (QED) is 0.592. The summed E-state index contributed by atoms with van der Waals surface area (Å²) in [4.78, 5) is 6.51. The van der Waals surface area contributed by atoms with Crippen LogP contribution in [0.4, 0.5) is 0 Å². The normalized spacial score (nSPS) is 13.5. The zero-order valence-electron chi connectivity index (χ0n) is 15.0. The number of nitrogens with zero attached hydrogens (tertiary/aromatic N) is 3. The van der Waals surface area contributed by atoms with E-state index in [0.29, 0.717) is 12.0 Å². The second kappa shape index (κ2) is 9.51. The van der Waals surface area contributed by atoms with Gasteiger partial charge in [0.15, 0.2) is 5.96 Å². The van der Waals surface area contributed by atoms with E-state index in [1.165, 1.54) is 5.69 Å². The molecule has 1 atom stereocenters. The molecule has 0 radical (unpaired) electrons. The predicted octanol–water partition coefficient (Wildman–Crippen LogP) is 2.48. The summed E-state index contributed by atoms with van der Waals surface area (Å²) in [7, 11) is 5.95. The Kier molecular flexibility index (Phi) is 8.02. The van der Waals surface area contributed by atoms with Crippen molar-refractivity contribution in [3.63, 3.8) is 0 Å². The molecule has 1 aromatic rings. The van der Waals surface area contributed by atoms with E-state index in [1.54, 1.807) is 0 Å². The van der Waals surface area contributed by atoms with Crippen LogP contribution in [-0.2, 0) is 18.3 Å². The highest BCUT2D eigenvalue weighted by atomic mass is 16.5. The minimum absolute atomic E-state index is 0.300. The first-order chi connectivity index (χ1) is 10.5. The van der Waals surface area contributed by atoms with Crippen molar-refractivity contribution in [1.82, 2.24) is 14.8 Å². The molecule has 1 heterocycles. The molecule has 5 heteroatoms. The van der Waals surface area contributed by atoms with Gasteiger partial charge >= 0.3 is 0 Å². The van der Waals surface area contributed by atoms with Gasteiger partial charge in [-0.15, -0.1) is 0 Å². The second-order valence-electron chi connectivity index (χ2n) is 5.97. The Balaban J connectivity index is 2.46. The lowest BCUT2D eigenvalue weighted by Crippen LogP contribution is -2.40. The van der Waals surface area contributed by atoms with Crippen LogP contribution in [0, 0.1) is 5.92 Å². The molecule has 0 fully saturated rings. The minimum atomic E-state index is 0.300. The van der Waals surface area contributed by atoms with E-state index in [2.05, 4.69) is 73.0 Å². The first-order valence-electron chi connectivity index (χ1n) is 8.13. The summed E-state index contributed by atoms with van der Waals surface area (Å²) in [6.45, 7) is 8.93. The summed E-state index contributed by atoms with van der Waals surface area (Å²) in [5.41, 5.74) is 1.26. The average molecular weight is 308 g/mol. The standard InChI is InChI=1S/C17H32N4O/c1-7-22-16(14(2)3)10-11-19-17(18-4)21(6)13-15-9-8-12-20(15)5/h8-9,12,14,16H,7,10-11,13H2,1-6H3,(H,18,19). The van der Waals surface area contributed by atoms with E-state index in [1.807, 2.05) is 7.05 Å². The lowest BCUT2D eigenvalue weighted by molar-refractivity contribution is 0.0257. The van der Waals surface area contributed by atoms with Gasteiger partial charge in [0.25, 0.3) is 0 Å². The Morgan fingerprint density at radius 2 is 2.18 bits per heavy atom. The van der Waals surface area contributed by atoms with Crippen LogP contribution in [-0.4, -0.2) is 48.8 Å². The fourth-order valence-corrected chi connectivity index (χ4v) is 2.51. The molecular formula is C17H32N4O. The predicted molar refractivity (Wildman–Crippen MR) is 93.1 cm³/mol. The number of guanidine groups is 1. The molecule has 22 heavy (non-hydrogen) atoms. The Morgan fingerprint density at radius 1 is 1.45 bits per heavy atom. The van der Waals surface area contributed by atoms with Gasteiger partial charge < -0.3 is 19.5 Å². The van der Waals surface area contributed by atoms with Crippen LogP contribution in [0.15, 0.2) is 23.3 Å². The third-order valence-corrected chi connectivity index (χ3v) is 3.86. The lowest BCUT2D eigenvalue weighted by atomic mass is 10.0. The molecule has 0 saturated carbocycles. The van der Waals surface area contributed by atoms with Crippen molar-refractivity contribution in [3.05, 3.63) is 24.0 Å². The molecule has 5 nitrogen and oxygen atoms in total. The molecule has 0 aliphatic carbocycles. The largest absolute Gasteiger partial charge is 0.378 e. The molecular weight excluding hydrogens is 276 g/mol. The van der Waals surface area contributed by atoms with Crippen LogP contribution in [0.2, 0.25) is 0 Å². The summed E-state index contributed by atoms with van der Waals surface area (Å²) in [6.07, 6.45) is 3.35. The number of nitrogens with one attached hydrogen (secondary N) is 1. The first kappa shape index (κ1) is 18.6. The molecule has 0 spiro atoms. The van der Waals surface area contributed by atoms with Crippen LogP contribution in [0.1, 0.15) is 32.9 Å². The van der Waals surface area contributed by atoms with E-state index in [9.17, 15) is 0 Å². The van der Waals surface area contributed by atoms with E-state index < -0.39 is 0 Å². The van der Waals surface area contributed by atoms with Crippen LogP contribution in [0.5, 0.6) is 0 Å². The number of aromatic nitrogens is 1. The van der Waals surface area contributed by atoms with Crippen LogP contribution in [0.3, 0.4) is 0 Å². The topological polar surface area (TPSA) is 41.8 Å². The molecule has 0 aromatic carbocycles. The summed E-state index contributed by atoms with van der Waals surface area (Å²) >= 11 is 0.